The Balaban J connectivity index is 2.51. The van der Waals surface area contributed by atoms with E-state index >= 15 is 0 Å². The molecule has 0 radical (unpaired) electrons. The third kappa shape index (κ3) is 5.89. The molecule has 1 aromatic rings. The lowest BCUT2D eigenvalue weighted by Crippen LogP contribution is -2.44. The van der Waals surface area contributed by atoms with Crippen LogP contribution in [0.15, 0.2) is 18.3 Å². The molecule has 0 saturated carbocycles. The van der Waals surface area contributed by atoms with Gasteiger partial charge in [0.15, 0.2) is 0 Å². The zero-order valence-corrected chi connectivity index (χ0v) is 14.0. The minimum atomic E-state index is -0.826. The van der Waals surface area contributed by atoms with Gasteiger partial charge in [-0.1, -0.05) is 26.7 Å². The number of rotatable bonds is 8. The van der Waals surface area contributed by atoms with Crippen LogP contribution in [-0.4, -0.2) is 42.4 Å². The molecule has 22 heavy (non-hydrogen) atoms. The molecule has 6 heteroatoms. The van der Waals surface area contributed by atoms with Gasteiger partial charge in [-0.15, -0.1) is 0 Å². The maximum Gasteiger partial charge on any atom is 0.319 e. The highest BCUT2D eigenvalue weighted by atomic mass is 16.3. The lowest BCUT2D eigenvalue weighted by atomic mass is 9.93. The van der Waals surface area contributed by atoms with Crippen LogP contribution in [0, 0.1) is 0 Å². The molecule has 124 valence electrons. The highest BCUT2D eigenvalue weighted by molar-refractivity contribution is 5.89. The standard InChI is InChI=1S/C16H28N4O2/c1-5-9-16(22,10-6-2)12-18-15(21)19-13-7-8-14(17-11-13)20(3)4/h7-8,11,22H,5-6,9-10,12H2,1-4H3,(H2,18,19,21). The number of hydrogen-bond donors (Lipinski definition) is 3. The van der Waals surface area contributed by atoms with Crippen molar-refractivity contribution >= 4 is 17.5 Å². The molecule has 0 aliphatic heterocycles. The van der Waals surface area contributed by atoms with Crippen molar-refractivity contribution in [3.05, 3.63) is 18.3 Å². The second-order valence-electron chi connectivity index (χ2n) is 5.83. The van der Waals surface area contributed by atoms with Crippen molar-refractivity contribution in [1.82, 2.24) is 10.3 Å². The molecule has 0 saturated heterocycles. The Morgan fingerprint density at radius 2 is 1.91 bits per heavy atom. The van der Waals surface area contributed by atoms with Crippen molar-refractivity contribution in [3.8, 4) is 0 Å². The number of anilines is 2. The van der Waals surface area contributed by atoms with E-state index in [9.17, 15) is 9.90 Å². The van der Waals surface area contributed by atoms with Gasteiger partial charge < -0.3 is 20.6 Å². The molecule has 2 amide bonds. The van der Waals surface area contributed by atoms with Crippen LogP contribution in [0.1, 0.15) is 39.5 Å². The highest BCUT2D eigenvalue weighted by Crippen LogP contribution is 2.18. The fourth-order valence-electron chi connectivity index (χ4n) is 2.38. The van der Waals surface area contributed by atoms with Crippen LogP contribution in [-0.2, 0) is 0 Å². The summed E-state index contributed by atoms with van der Waals surface area (Å²) in [6, 6.07) is 3.30. The summed E-state index contributed by atoms with van der Waals surface area (Å²) >= 11 is 0. The van der Waals surface area contributed by atoms with Gasteiger partial charge in [0.2, 0.25) is 0 Å². The molecule has 1 aromatic heterocycles. The van der Waals surface area contributed by atoms with Crippen LogP contribution in [0.3, 0.4) is 0 Å². The molecule has 0 unspecified atom stereocenters. The summed E-state index contributed by atoms with van der Waals surface area (Å²) in [6.07, 6.45) is 4.74. The molecule has 0 bridgehead atoms. The van der Waals surface area contributed by atoms with E-state index in [2.05, 4.69) is 15.6 Å². The number of amides is 2. The molecule has 1 heterocycles. The summed E-state index contributed by atoms with van der Waals surface area (Å²) in [5, 5.41) is 15.9. The summed E-state index contributed by atoms with van der Waals surface area (Å²) < 4.78 is 0. The Morgan fingerprint density at radius 1 is 1.27 bits per heavy atom. The Hall–Kier alpha value is -1.82. The first kappa shape index (κ1) is 18.2. The summed E-state index contributed by atoms with van der Waals surface area (Å²) in [5.41, 5.74) is -0.203. The average molecular weight is 308 g/mol. The maximum absolute atomic E-state index is 11.9. The van der Waals surface area contributed by atoms with Gasteiger partial charge in [0, 0.05) is 20.6 Å². The van der Waals surface area contributed by atoms with Gasteiger partial charge in [-0.25, -0.2) is 9.78 Å². The Morgan fingerprint density at radius 3 is 2.36 bits per heavy atom. The normalized spacial score (nSPS) is 11.1. The molecule has 1 rings (SSSR count). The SMILES string of the molecule is CCCC(O)(CCC)CNC(=O)Nc1ccc(N(C)C)nc1. The lowest BCUT2D eigenvalue weighted by Gasteiger charge is -2.27. The van der Waals surface area contributed by atoms with Crippen molar-refractivity contribution in [2.24, 2.45) is 0 Å². The van der Waals surface area contributed by atoms with Crippen LogP contribution in [0.25, 0.3) is 0 Å². The Labute approximate surface area is 132 Å². The Kier molecular flexibility index (Phi) is 7.11. The van der Waals surface area contributed by atoms with Gasteiger partial charge in [-0.05, 0) is 25.0 Å². The number of hydrogen-bond acceptors (Lipinski definition) is 4. The maximum atomic E-state index is 11.9. The molecule has 0 aliphatic rings. The number of aromatic nitrogens is 1. The molecular formula is C16H28N4O2. The third-order valence-electron chi connectivity index (χ3n) is 3.47. The van der Waals surface area contributed by atoms with E-state index in [1.54, 1.807) is 12.3 Å². The van der Waals surface area contributed by atoms with Gasteiger partial charge in [0.1, 0.15) is 5.82 Å². The minimum absolute atomic E-state index is 0.254. The summed E-state index contributed by atoms with van der Waals surface area (Å²) in [7, 11) is 3.81. The molecule has 0 atom stereocenters. The second-order valence-corrected chi connectivity index (χ2v) is 5.83. The summed E-state index contributed by atoms with van der Waals surface area (Å²) in [6.45, 7) is 4.31. The van der Waals surface area contributed by atoms with Gasteiger partial charge in [0.25, 0.3) is 0 Å². The molecule has 3 N–H and O–H groups in total. The number of nitrogens with one attached hydrogen (secondary N) is 2. The van der Waals surface area contributed by atoms with Crippen LogP contribution < -0.4 is 15.5 Å². The second kappa shape index (κ2) is 8.58. The third-order valence-corrected chi connectivity index (χ3v) is 3.47. The highest BCUT2D eigenvalue weighted by Gasteiger charge is 2.25. The fourth-order valence-corrected chi connectivity index (χ4v) is 2.38. The van der Waals surface area contributed by atoms with E-state index < -0.39 is 5.60 Å². The molecule has 0 fully saturated rings. The van der Waals surface area contributed by atoms with Gasteiger partial charge >= 0.3 is 6.03 Å². The molecular weight excluding hydrogens is 280 g/mol. The fraction of sp³-hybridized carbons (Fsp3) is 0.625. The monoisotopic (exact) mass is 308 g/mol. The zero-order valence-electron chi connectivity index (χ0n) is 14.0. The lowest BCUT2D eigenvalue weighted by molar-refractivity contribution is 0.0245. The van der Waals surface area contributed by atoms with Gasteiger partial charge in [0.05, 0.1) is 17.5 Å². The van der Waals surface area contributed by atoms with E-state index in [-0.39, 0.29) is 12.6 Å². The number of aliphatic hydroxyl groups is 1. The predicted molar refractivity (Wildman–Crippen MR) is 90.4 cm³/mol. The average Bonchev–Trinajstić information content (AvgIpc) is 2.46. The van der Waals surface area contributed by atoms with E-state index in [0.717, 1.165) is 18.7 Å². The summed E-state index contributed by atoms with van der Waals surface area (Å²) in [5.74, 6) is 0.825. The number of pyridine rings is 1. The zero-order chi connectivity index (χ0) is 16.6. The molecule has 0 aromatic carbocycles. The number of carbonyl (C=O) groups is 1. The largest absolute Gasteiger partial charge is 0.388 e. The quantitative estimate of drug-likeness (QED) is 0.690. The van der Waals surface area contributed by atoms with Crippen LogP contribution in [0.2, 0.25) is 0 Å². The topological polar surface area (TPSA) is 77.5 Å². The van der Waals surface area contributed by atoms with E-state index in [1.165, 1.54) is 0 Å². The number of carbonyl (C=O) groups excluding carboxylic acids is 1. The van der Waals surface area contributed by atoms with Crippen LogP contribution in [0.5, 0.6) is 0 Å². The van der Waals surface area contributed by atoms with E-state index in [0.29, 0.717) is 18.5 Å². The summed E-state index contributed by atoms with van der Waals surface area (Å²) in [4.78, 5) is 18.0. The van der Waals surface area contributed by atoms with Crippen molar-refractivity contribution in [2.75, 3.05) is 30.9 Å². The van der Waals surface area contributed by atoms with Crippen molar-refractivity contribution in [3.63, 3.8) is 0 Å². The smallest absolute Gasteiger partial charge is 0.319 e. The number of nitrogens with zero attached hydrogens (tertiary/aromatic N) is 2. The molecule has 0 spiro atoms. The predicted octanol–water partition coefficient (Wildman–Crippen LogP) is 2.60. The van der Waals surface area contributed by atoms with E-state index in [1.807, 2.05) is 38.9 Å². The minimum Gasteiger partial charge on any atom is -0.388 e. The van der Waals surface area contributed by atoms with Crippen LogP contribution in [0.4, 0.5) is 16.3 Å². The van der Waals surface area contributed by atoms with Crippen molar-refractivity contribution in [1.29, 1.82) is 0 Å². The first-order valence-corrected chi connectivity index (χ1v) is 7.81. The molecule has 0 aliphatic carbocycles. The first-order chi connectivity index (χ1) is 10.4. The van der Waals surface area contributed by atoms with E-state index in [4.69, 9.17) is 0 Å². The van der Waals surface area contributed by atoms with Crippen molar-refractivity contribution in [2.45, 2.75) is 45.1 Å². The first-order valence-electron chi connectivity index (χ1n) is 7.81. The van der Waals surface area contributed by atoms with Crippen molar-refractivity contribution < 1.29 is 9.90 Å². The number of urea groups is 1. The van der Waals surface area contributed by atoms with Crippen LogP contribution >= 0.6 is 0 Å². The molecule has 6 nitrogen and oxygen atoms in total. The van der Waals surface area contributed by atoms with Gasteiger partial charge in [-0.3, -0.25) is 0 Å². The van der Waals surface area contributed by atoms with Gasteiger partial charge in [-0.2, -0.15) is 0 Å². The Bertz CT molecular complexity index is 454.